The zero-order valence-corrected chi connectivity index (χ0v) is 11.0. The highest BCUT2D eigenvalue weighted by atomic mass is 16.1. The second-order valence-electron chi connectivity index (χ2n) is 4.24. The fourth-order valence-corrected chi connectivity index (χ4v) is 1.17. The summed E-state index contributed by atoms with van der Waals surface area (Å²) in [7, 11) is 0. The molecular formula is C12H24N2O2. The Morgan fingerprint density at radius 2 is 1.44 bits per heavy atom. The molecule has 0 amide bonds. The second kappa shape index (κ2) is 13.8. The van der Waals surface area contributed by atoms with E-state index in [9.17, 15) is 0 Å². The molecule has 0 heterocycles. The Kier molecular flexibility index (Phi) is 17.4. The van der Waals surface area contributed by atoms with Gasteiger partial charge in [0, 0.05) is 0 Å². The van der Waals surface area contributed by atoms with Crippen LogP contribution in [0.25, 0.3) is 0 Å². The van der Waals surface area contributed by atoms with Crippen molar-refractivity contribution in [1.29, 1.82) is 10.8 Å². The zero-order valence-electron chi connectivity index (χ0n) is 11.0. The number of carbonyl (C=O) groups excluding carboxylic acids is 2. The van der Waals surface area contributed by atoms with Gasteiger partial charge in [0.05, 0.1) is 0 Å². The molecule has 0 saturated heterocycles. The summed E-state index contributed by atoms with van der Waals surface area (Å²) in [5, 5.41) is 10.8. The fourth-order valence-electron chi connectivity index (χ4n) is 1.17. The van der Waals surface area contributed by atoms with Gasteiger partial charge in [-0.1, -0.05) is 53.9 Å². The van der Waals surface area contributed by atoms with Gasteiger partial charge in [0.1, 0.15) is 0 Å². The molecule has 4 nitrogen and oxygen atoms in total. The highest BCUT2D eigenvalue weighted by molar-refractivity contribution is 5.26. The van der Waals surface area contributed by atoms with Gasteiger partial charge in [0.2, 0.25) is 12.2 Å². The van der Waals surface area contributed by atoms with Crippen LogP contribution in [0.1, 0.15) is 53.9 Å². The SMILES string of the molecule is CCCC(C)C(C)(C)CC.N=C=O.N=C=O. The van der Waals surface area contributed by atoms with Gasteiger partial charge in [-0.25, -0.2) is 20.4 Å². The lowest BCUT2D eigenvalue weighted by Gasteiger charge is -2.30. The third kappa shape index (κ3) is 15.2. The summed E-state index contributed by atoms with van der Waals surface area (Å²) in [6.07, 6.45) is 5.50. The quantitative estimate of drug-likeness (QED) is 0.568. The zero-order chi connectivity index (χ0) is 13.6. The number of nitrogens with one attached hydrogen (secondary N) is 2. The van der Waals surface area contributed by atoms with Gasteiger partial charge in [-0.15, -0.1) is 0 Å². The molecule has 0 aromatic carbocycles. The molecule has 0 rings (SSSR count). The minimum atomic E-state index is 0.552. The average Bonchev–Trinajstić information content (AvgIpc) is 2.20. The van der Waals surface area contributed by atoms with Gasteiger partial charge in [-0.3, -0.25) is 0 Å². The maximum absolute atomic E-state index is 8.35. The Hall–Kier alpha value is -1.24. The molecule has 0 radical (unpaired) electrons. The lowest BCUT2D eigenvalue weighted by Crippen LogP contribution is -2.20. The van der Waals surface area contributed by atoms with Crippen molar-refractivity contribution in [2.24, 2.45) is 11.3 Å². The van der Waals surface area contributed by atoms with E-state index in [4.69, 9.17) is 20.4 Å². The van der Waals surface area contributed by atoms with Crippen LogP contribution in [0.4, 0.5) is 0 Å². The molecule has 0 aliphatic carbocycles. The number of isocyanates is 2. The molecule has 0 aliphatic heterocycles. The summed E-state index contributed by atoms with van der Waals surface area (Å²) in [5.41, 5.74) is 0.552. The maximum Gasteiger partial charge on any atom is 0.231 e. The standard InChI is InChI=1S/C10H22.2CHNO/c1-6-8-9(3)10(4,5)7-2;2*2-1-3/h9H,6-8H2,1-5H3;2*2H. The van der Waals surface area contributed by atoms with E-state index in [2.05, 4.69) is 34.6 Å². The van der Waals surface area contributed by atoms with E-state index in [-0.39, 0.29) is 0 Å². The van der Waals surface area contributed by atoms with Crippen LogP contribution in [0.3, 0.4) is 0 Å². The van der Waals surface area contributed by atoms with Gasteiger partial charge < -0.3 is 0 Å². The first-order valence-corrected chi connectivity index (χ1v) is 5.45. The maximum atomic E-state index is 8.35. The summed E-state index contributed by atoms with van der Waals surface area (Å²) in [6, 6.07) is 0. The molecule has 0 saturated carbocycles. The van der Waals surface area contributed by atoms with Crippen LogP contribution < -0.4 is 0 Å². The predicted molar refractivity (Wildman–Crippen MR) is 65.0 cm³/mol. The molecule has 16 heavy (non-hydrogen) atoms. The first-order chi connectivity index (χ1) is 7.37. The summed E-state index contributed by atoms with van der Waals surface area (Å²) >= 11 is 0. The third-order valence-corrected chi connectivity index (χ3v) is 2.97. The summed E-state index contributed by atoms with van der Waals surface area (Å²) < 4.78 is 0. The summed E-state index contributed by atoms with van der Waals surface area (Å²) in [5.74, 6) is 0.877. The smallest absolute Gasteiger partial charge is 0.222 e. The van der Waals surface area contributed by atoms with Crippen LogP contribution in [0, 0.1) is 22.2 Å². The second-order valence-corrected chi connectivity index (χ2v) is 4.24. The summed E-state index contributed by atoms with van der Waals surface area (Å²) in [6.45, 7) is 11.7. The van der Waals surface area contributed by atoms with Crippen molar-refractivity contribution < 1.29 is 9.59 Å². The van der Waals surface area contributed by atoms with E-state index in [0.29, 0.717) is 5.41 Å². The molecular weight excluding hydrogens is 204 g/mol. The minimum absolute atomic E-state index is 0.552. The predicted octanol–water partition coefficient (Wildman–Crippen LogP) is 3.66. The highest BCUT2D eigenvalue weighted by Crippen LogP contribution is 2.32. The molecule has 0 aromatic rings. The van der Waals surface area contributed by atoms with E-state index in [0.717, 1.165) is 18.1 Å². The number of hydrogen-bond acceptors (Lipinski definition) is 4. The third-order valence-electron chi connectivity index (χ3n) is 2.97. The summed E-state index contributed by atoms with van der Waals surface area (Å²) in [4.78, 5) is 16.7. The fraction of sp³-hybridized carbons (Fsp3) is 0.833. The van der Waals surface area contributed by atoms with Crippen LogP contribution in [0.2, 0.25) is 0 Å². The normalized spacial score (nSPS) is 10.6. The molecule has 0 aliphatic rings. The number of rotatable bonds is 4. The Balaban J connectivity index is -0.000000235. The van der Waals surface area contributed by atoms with Crippen molar-refractivity contribution in [2.45, 2.75) is 53.9 Å². The van der Waals surface area contributed by atoms with Crippen molar-refractivity contribution in [3.05, 3.63) is 0 Å². The number of hydrogen-bond donors (Lipinski definition) is 2. The Bertz CT molecular complexity index is 201. The first-order valence-electron chi connectivity index (χ1n) is 5.45. The van der Waals surface area contributed by atoms with E-state index < -0.39 is 0 Å². The molecule has 4 heteroatoms. The van der Waals surface area contributed by atoms with E-state index in [1.165, 1.54) is 19.3 Å². The van der Waals surface area contributed by atoms with Crippen LogP contribution in [-0.2, 0) is 9.59 Å². The van der Waals surface area contributed by atoms with Gasteiger partial charge in [0.15, 0.2) is 0 Å². The van der Waals surface area contributed by atoms with E-state index >= 15 is 0 Å². The van der Waals surface area contributed by atoms with Crippen molar-refractivity contribution in [3.8, 4) is 0 Å². The molecule has 2 N–H and O–H groups in total. The van der Waals surface area contributed by atoms with Crippen molar-refractivity contribution in [2.75, 3.05) is 0 Å². The molecule has 94 valence electrons. The van der Waals surface area contributed by atoms with E-state index in [1.807, 2.05) is 0 Å². The monoisotopic (exact) mass is 228 g/mol. The molecule has 0 spiro atoms. The van der Waals surface area contributed by atoms with Crippen molar-refractivity contribution in [3.63, 3.8) is 0 Å². The largest absolute Gasteiger partial charge is 0.231 e. The highest BCUT2D eigenvalue weighted by Gasteiger charge is 2.22. The van der Waals surface area contributed by atoms with Crippen LogP contribution in [0.15, 0.2) is 0 Å². The lowest BCUT2D eigenvalue weighted by atomic mass is 9.76. The topological polar surface area (TPSA) is 81.8 Å². The first kappa shape index (κ1) is 20.2. The van der Waals surface area contributed by atoms with Crippen LogP contribution >= 0.6 is 0 Å². The molecule has 1 atom stereocenters. The molecule has 1 unspecified atom stereocenters. The molecule has 0 bridgehead atoms. The minimum Gasteiger partial charge on any atom is -0.222 e. The van der Waals surface area contributed by atoms with Crippen molar-refractivity contribution in [1.82, 2.24) is 0 Å². The van der Waals surface area contributed by atoms with Crippen LogP contribution in [-0.4, -0.2) is 12.2 Å². The van der Waals surface area contributed by atoms with Gasteiger partial charge >= 0.3 is 0 Å². The van der Waals surface area contributed by atoms with Crippen molar-refractivity contribution >= 4 is 12.2 Å². The lowest BCUT2D eigenvalue weighted by molar-refractivity contribution is 0.208. The Morgan fingerprint density at radius 1 is 1.12 bits per heavy atom. The van der Waals surface area contributed by atoms with Gasteiger partial charge in [-0.05, 0) is 11.3 Å². The average molecular weight is 228 g/mol. The molecule has 0 aromatic heterocycles. The Morgan fingerprint density at radius 3 is 1.62 bits per heavy atom. The Labute approximate surface area is 98.5 Å². The van der Waals surface area contributed by atoms with E-state index in [1.54, 1.807) is 0 Å². The molecule has 0 fully saturated rings. The van der Waals surface area contributed by atoms with Crippen LogP contribution in [0.5, 0.6) is 0 Å². The van der Waals surface area contributed by atoms with Gasteiger partial charge in [-0.2, -0.15) is 0 Å². The van der Waals surface area contributed by atoms with Gasteiger partial charge in [0.25, 0.3) is 0 Å².